The van der Waals surface area contributed by atoms with Crippen LogP contribution in [0.25, 0.3) is 0 Å². The van der Waals surface area contributed by atoms with Crippen molar-refractivity contribution in [2.24, 2.45) is 5.41 Å². The summed E-state index contributed by atoms with van der Waals surface area (Å²) >= 11 is 7.65. The van der Waals surface area contributed by atoms with Crippen LogP contribution in [0.5, 0.6) is 0 Å². The fourth-order valence-electron chi connectivity index (χ4n) is 3.68. The lowest BCUT2D eigenvalue weighted by Crippen LogP contribution is -2.40. The molecule has 0 amide bonds. The van der Waals surface area contributed by atoms with E-state index in [0.717, 1.165) is 28.8 Å². The molecule has 7 heteroatoms. The summed E-state index contributed by atoms with van der Waals surface area (Å²) in [6, 6.07) is 1.83. The van der Waals surface area contributed by atoms with E-state index in [4.69, 9.17) is 17.3 Å². The molecule has 3 rings (SSSR count). The zero-order valence-corrected chi connectivity index (χ0v) is 17.0. The first-order chi connectivity index (χ1) is 12.6. The lowest BCUT2D eigenvalue weighted by molar-refractivity contribution is 0.188. The third kappa shape index (κ3) is 4.23. The number of hydrogen-bond acceptors (Lipinski definition) is 6. The molecule has 0 aliphatic carbocycles. The molecule has 2 aromatic rings. The molecular weight excluding hydrogens is 366 g/mol. The minimum Gasteiger partial charge on any atom is -0.382 e. The molecule has 1 saturated heterocycles. The maximum Gasteiger partial charge on any atom is 0.147 e. The van der Waals surface area contributed by atoms with Gasteiger partial charge in [-0.25, -0.2) is 15.0 Å². The summed E-state index contributed by atoms with van der Waals surface area (Å²) in [5.41, 5.74) is 6.27. The summed E-state index contributed by atoms with van der Waals surface area (Å²) < 4.78 is 0. The standard InChI is InChI=1S/C19H26ClN5S/c1-3-6-19(4-2)7-10-25(11-8-19)15-12-24-16(13-23-15)26-14-5-9-22-18(21)17(14)20/h5,9,12-13H,3-4,6-8,10-11H2,1-2H3,(H2,21,22). The Morgan fingerprint density at radius 1 is 1.19 bits per heavy atom. The molecule has 140 valence electrons. The van der Waals surface area contributed by atoms with Gasteiger partial charge in [-0.3, -0.25) is 0 Å². The number of nitrogen functional groups attached to an aromatic ring is 1. The second-order valence-corrected chi connectivity index (χ2v) is 8.35. The summed E-state index contributed by atoms with van der Waals surface area (Å²) in [7, 11) is 0. The van der Waals surface area contributed by atoms with Crippen LogP contribution >= 0.6 is 23.4 Å². The number of aromatic nitrogens is 3. The Labute approximate surface area is 164 Å². The third-order valence-corrected chi connectivity index (χ3v) is 6.88. The van der Waals surface area contributed by atoms with Crippen molar-refractivity contribution in [2.45, 2.75) is 55.9 Å². The number of anilines is 2. The summed E-state index contributed by atoms with van der Waals surface area (Å²) in [6.45, 7) is 6.73. The number of rotatable bonds is 6. The van der Waals surface area contributed by atoms with Gasteiger partial charge in [0.1, 0.15) is 16.7 Å². The first kappa shape index (κ1) is 19.2. The predicted octanol–water partition coefficient (Wildman–Crippen LogP) is 5.06. The van der Waals surface area contributed by atoms with Crippen LogP contribution in [0.2, 0.25) is 5.02 Å². The van der Waals surface area contributed by atoms with Crippen molar-refractivity contribution in [3.63, 3.8) is 0 Å². The van der Waals surface area contributed by atoms with Gasteiger partial charge in [0, 0.05) is 24.2 Å². The van der Waals surface area contributed by atoms with Gasteiger partial charge in [-0.1, -0.05) is 50.1 Å². The van der Waals surface area contributed by atoms with Gasteiger partial charge in [-0.2, -0.15) is 0 Å². The predicted molar refractivity (Wildman–Crippen MR) is 109 cm³/mol. The van der Waals surface area contributed by atoms with E-state index in [0.29, 0.717) is 16.3 Å². The maximum atomic E-state index is 6.20. The quantitative estimate of drug-likeness (QED) is 0.742. The van der Waals surface area contributed by atoms with Crippen molar-refractivity contribution in [1.82, 2.24) is 15.0 Å². The molecule has 3 heterocycles. The molecule has 0 atom stereocenters. The van der Waals surface area contributed by atoms with Gasteiger partial charge < -0.3 is 10.6 Å². The van der Waals surface area contributed by atoms with Crippen LogP contribution in [-0.2, 0) is 0 Å². The van der Waals surface area contributed by atoms with Gasteiger partial charge in [0.05, 0.1) is 17.4 Å². The van der Waals surface area contributed by atoms with Crippen molar-refractivity contribution in [3.8, 4) is 0 Å². The molecule has 0 bridgehead atoms. The zero-order valence-electron chi connectivity index (χ0n) is 15.4. The fraction of sp³-hybridized carbons (Fsp3) is 0.526. The van der Waals surface area contributed by atoms with E-state index >= 15 is 0 Å². The fourth-order valence-corrected chi connectivity index (χ4v) is 4.67. The van der Waals surface area contributed by atoms with Gasteiger partial charge in [-0.05, 0) is 30.7 Å². The normalized spacial score (nSPS) is 16.7. The van der Waals surface area contributed by atoms with Crippen LogP contribution in [0.15, 0.2) is 34.6 Å². The number of nitrogens with zero attached hydrogens (tertiary/aromatic N) is 4. The molecule has 1 aliphatic heterocycles. The molecular formula is C19H26ClN5S. The molecule has 0 aromatic carbocycles. The van der Waals surface area contributed by atoms with E-state index in [2.05, 4.69) is 33.7 Å². The Balaban J connectivity index is 1.64. The van der Waals surface area contributed by atoms with E-state index < -0.39 is 0 Å². The molecule has 1 fully saturated rings. The zero-order chi connectivity index (χ0) is 18.6. The molecule has 0 radical (unpaired) electrons. The molecule has 26 heavy (non-hydrogen) atoms. The van der Waals surface area contributed by atoms with Gasteiger partial charge in [0.15, 0.2) is 0 Å². The Bertz CT molecular complexity index is 729. The molecule has 0 spiro atoms. The second kappa shape index (κ2) is 8.44. The molecule has 2 N–H and O–H groups in total. The first-order valence-electron chi connectivity index (χ1n) is 9.22. The van der Waals surface area contributed by atoms with Crippen molar-refractivity contribution in [1.29, 1.82) is 0 Å². The number of hydrogen-bond donors (Lipinski definition) is 1. The Morgan fingerprint density at radius 3 is 2.58 bits per heavy atom. The van der Waals surface area contributed by atoms with E-state index in [1.54, 1.807) is 12.4 Å². The highest BCUT2D eigenvalue weighted by molar-refractivity contribution is 7.99. The van der Waals surface area contributed by atoms with Gasteiger partial charge in [0.25, 0.3) is 0 Å². The first-order valence-corrected chi connectivity index (χ1v) is 10.4. The van der Waals surface area contributed by atoms with Crippen LogP contribution in [-0.4, -0.2) is 28.0 Å². The SMILES string of the molecule is CCCC1(CC)CCN(c2cnc(Sc3ccnc(N)c3Cl)cn2)CC1. The summed E-state index contributed by atoms with van der Waals surface area (Å²) in [5, 5.41) is 1.26. The summed E-state index contributed by atoms with van der Waals surface area (Å²) in [6.07, 6.45) is 11.7. The smallest absolute Gasteiger partial charge is 0.147 e. The Hall–Kier alpha value is -1.53. The summed E-state index contributed by atoms with van der Waals surface area (Å²) in [5.74, 6) is 1.29. The number of pyridine rings is 1. The van der Waals surface area contributed by atoms with E-state index in [9.17, 15) is 0 Å². The van der Waals surface area contributed by atoms with E-state index in [1.807, 2.05) is 12.3 Å². The maximum absolute atomic E-state index is 6.20. The Morgan fingerprint density at radius 2 is 1.96 bits per heavy atom. The van der Waals surface area contributed by atoms with E-state index in [1.165, 1.54) is 43.9 Å². The van der Waals surface area contributed by atoms with Crippen LogP contribution in [0, 0.1) is 5.41 Å². The minimum atomic E-state index is 0.334. The molecule has 2 aromatic heterocycles. The van der Waals surface area contributed by atoms with Crippen molar-refractivity contribution < 1.29 is 0 Å². The van der Waals surface area contributed by atoms with Crippen LogP contribution in [0.3, 0.4) is 0 Å². The molecule has 1 aliphatic rings. The van der Waals surface area contributed by atoms with Gasteiger partial charge in [0.2, 0.25) is 0 Å². The van der Waals surface area contributed by atoms with Crippen molar-refractivity contribution >= 4 is 35.0 Å². The van der Waals surface area contributed by atoms with Gasteiger partial charge in [-0.15, -0.1) is 0 Å². The van der Waals surface area contributed by atoms with Gasteiger partial charge >= 0.3 is 0 Å². The monoisotopic (exact) mass is 391 g/mol. The molecule has 0 unspecified atom stereocenters. The highest BCUT2D eigenvalue weighted by Crippen LogP contribution is 2.40. The lowest BCUT2D eigenvalue weighted by atomic mass is 9.73. The molecule has 0 saturated carbocycles. The van der Waals surface area contributed by atoms with E-state index in [-0.39, 0.29) is 0 Å². The molecule has 5 nitrogen and oxygen atoms in total. The lowest BCUT2D eigenvalue weighted by Gasteiger charge is -2.42. The number of piperidine rings is 1. The highest BCUT2D eigenvalue weighted by atomic mass is 35.5. The number of nitrogens with two attached hydrogens (primary N) is 1. The third-order valence-electron chi connectivity index (χ3n) is 5.39. The Kier molecular flexibility index (Phi) is 6.24. The van der Waals surface area contributed by atoms with Crippen LogP contribution in [0.4, 0.5) is 11.6 Å². The minimum absolute atomic E-state index is 0.334. The van der Waals surface area contributed by atoms with Crippen LogP contribution < -0.4 is 10.6 Å². The number of halogens is 1. The summed E-state index contributed by atoms with van der Waals surface area (Å²) in [4.78, 5) is 16.3. The van der Waals surface area contributed by atoms with Crippen molar-refractivity contribution in [3.05, 3.63) is 29.7 Å². The average molecular weight is 392 g/mol. The topological polar surface area (TPSA) is 67.9 Å². The average Bonchev–Trinajstić information content (AvgIpc) is 2.67. The highest BCUT2D eigenvalue weighted by Gasteiger charge is 2.32. The van der Waals surface area contributed by atoms with Crippen LogP contribution in [0.1, 0.15) is 46.0 Å². The van der Waals surface area contributed by atoms with Crippen molar-refractivity contribution in [2.75, 3.05) is 23.7 Å². The second-order valence-electron chi connectivity index (χ2n) is 6.91. The largest absolute Gasteiger partial charge is 0.382 e.